The summed E-state index contributed by atoms with van der Waals surface area (Å²) in [4.78, 5) is 11.7. The molecule has 0 aliphatic carbocycles. The summed E-state index contributed by atoms with van der Waals surface area (Å²) in [5, 5.41) is 3.85. The van der Waals surface area contributed by atoms with Crippen LogP contribution in [0.5, 0.6) is 0 Å². The van der Waals surface area contributed by atoms with E-state index in [1.54, 1.807) is 12.1 Å². The van der Waals surface area contributed by atoms with Crippen LogP contribution in [0.2, 0.25) is 0 Å². The number of nitrogens with one attached hydrogen (secondary N) is 1. The highest BCUT2D eigenvalue weighted by atomic mass is 79.9. The third-order valence-corrected chi connectivity index (χ3v) is 3.34. The normalized spacial score (nSPS) is 10.9. The fourth-order valence-corrected chi connectivity index (χ4v) is 2.02. The summed E-state index contributed by atoms with van der Waals surface area (Å²) in [6.07, 6.45) is 1.77. The average molecular weight is 335 g/mol. The molecule has 0 aliphatic heterocycles. The van der Waals surface area contributed by atoms with Crippen molar-refractivity contribution in [3.8, 4) is 0 Å². The molecule has 104 valence electrons. The number of hydrogen-bond acceptors (Lipinski definition) is 3. The number of carbonyl (C=O) groups is 1. The second-order valence-corrected chi connectivity index (χ2v) is 5.31. The molecule has 1 heterocycles. The molecule has 0 unspecified atom stereocenters. The van der Waals surface area contributed by atoms with Crippen molar-refractivity contribution in [2.45, 2.75) is 20.3 Å². The molecule has 0 saturated carbocycles. The summed E-state index contributed by atoms with van der Waals surface area (Å²) in [6, 6.07) is 9.50. The lowest BCUT2D eigenvalue weighted by molar-refractivity contribution is -0.120. The molecule has 1 amide bonds. The molecule has 5 heteroatoms. The van der Waals surface area contributed by atoms with E-state index >= 15 is 0 Å². The van der Waals surface area contributed by atoms with Crippen LogP contribution in [0.3, 0.4) is 0 Å². The Morgan fingerprint density at radius 1 is 1.30 bits per heavy atom. The van der Waals surface area contributed by atoms with Crippen molar-refractivity contribution in [3.05, 3.63) is 57.5 Å². The van der Waals surface area contributed by atoms with Crippen LogP contribution in [0.15, 0.2) is 44.5 Å². The zero-order valence-electron chi connectivity index (χ0n) is 11.3. The van der Waals surface area contributed by atoms with E-state index in [0.29, 0.717) is 16.9 Å². The maximum absolute atomic E-state index is 11.7. The summed E-state index contributed by atoms with van der Waals surface area (Å²) in [7, 11) is 0. The van der Waals surface area contributed by atoms with E-state index in [1.807, 2.05) is 32.0 Å². The average Bonchev–Trinajstić information content (AvgIpc) is 2.80. The largest absolute Gasteiger partial charge is 0.448 e. The van der Waals surface area contributed by atoms with Gasteiger partial charge in [0.05, 0.1) is 12.6 Å². The fourth-order valence-electron chi connectivity index (χ4n) is 1.70. The fraction of sp³-hybridized carbons (Fsp3) is 0.200. The smallest absolute Gasteiger partial charge is 0.244 e. The molecule has 4 nitrogen and oxygen atoms in total. The van der Waals surface area contributed by atoms with Gasteiger partial charge in [0.1, 0.15) is 5.76 Å². The standard InChI is InChI=1S/C15H15BrN2O2/c1-10-3-4-12(7-11(10)2)8-15(19)18-17-9-13-5-6-14(16)20-13/h3-7,9H,8H2,1-2H3,(H,18,19)/b17-9-. The first-order valence-corrected chi connectivity index (χ1v) is 6.97. The van der Waals surface area contributed by atoms with Crippen LogP contribution < -0.4 is 5.43 Å². The van der Waals surface area contributed by atoms with Gasteiger partial charge in [0.25, 0.3) is 0 Å². The van der Waals surface area contributed by atoms with Crippen LogP contribution in [0.1, 0.15) is 22.5 Å². The molecule has 0 radical (unpaired) electrons. The molecular formula is C15H15BrN2O2. The number of rotatable bonds is 4. The van der Waals surface area contributed by atoms with Gasteiger partial charge in [0, 0.05) is 0 Å². The highest BCUT2D eigenvalue weighted by Crippen LogP contribution is 2.12. The van der Waals surface area contributed by atoms with E-state index < -0.39 is 0 Å². The number of amides is 1. The predicted octanol–water partition coefficient (Wildman–Crippen LogP) is 3.35. The van der Waals surface area contributed by atoms with Crippen LogP contribution >= 0.6 is 15.9 Å². The van der Waals surface area contributed by atoms with Gasteiger partial charge < -0.3 is 4.42 Å². The van der Waals surface area contributed by atoms with Crippen LogP contribution in [-0.2, 0) is 11.2 Å². The van der Waals surface area contributed by atoms with Crippen molar-refractivity contribution in [1.29, 1.82) is 0 Å². The Bertz CT molecular complexity index is 647. The van der Waals surface area contributed by atoms with Gasteiger partial charge in [-0.3, -0.25) is 4.79 Å². The van der Waals surface area contributed by atoms with Crippen LogP contribution in [0, 0.1) is 13.8 Å². The number of nitrogens with zero attached hydrogens (tertiary/aromatic N) is 1. The van der Waals surface area contributed by atoms with Gasteiger partial charge in [-0.25, -0.2) is 5.43 Å². The van der Waals surface area contributed by atoms with Gasteiger partial charge in [-0.2, -0.15) is 5.10 Å². The number of hydrogen-bond donors (Lipinski definition) is 1. The van der Waals surface area contributed by atoms with Gasteiger partial charge in [0.15, 0.2) is 4.67 Å². The lowest BCUT2D eigenvalue weighted by Crippen LogP contribution is -2.19. The molecule has 1 N–H and O–H groups in total. The van der Waals surface area contributed by atoms with Crippen molar-refractivity contribution in [3.63, 3.8) is 0 Å². The zero-order valence-corrected chi connectivity index (χ0v) is 12.9. The molecule has 0 bridgehead atoms. The first-order valence-electron chi connectivity index (χ1n) is 6.18. The second-order valence-electron chi connectivity index (χ2n) is 4.53. The zero-order chi connectivity index (χ0) is 14.5. The Hall–Kier alpha value is -1.88. The van der Waals surface area contributed by atoms with Crippen LogP contribution in [0.4, 0.5) is 0 Å². The minimum Gasteiger partial charge on any atom is -0.448 e. The van der Waals surface area contributed by atoms with Crippen molar-refractivity contribution < 1.29 is 9.21 Å². The number of aryl methyl sites for hydroxylation is 2. The Kier molecular flexibility index (Phi) is 4.74. The van der Waals surface area contributed by atoms with Crippen molar-refractivity contribution in [2.75, 3.05) is 0 Å². The molecule has 0 saturated heterocycles. The first kappa shape index (κ1) is 14.5. The van der Waals surface area contributed by atoms with E-state index in [1.165, 1.54) is 17.3 Å². The van der Waals surface area contributed by atoms with E-state index in [2.05, 4.69) is 26.5 Å². The molecule has 1 aromatic heterocycles. The quantitative estimate of drug-likeness (QED) is 0.688. The minimum atomic E-state index is -0.157. The topological polar surface area (TPSA) is 54.6 Å². The molecule has 2 rings (SSSR count). The van der Waals surface area contributed by atoms with Gasteiger partial charge in [-0.15, -0.1) is 0 Å². The lowest BCUT2D eigenvalue weighted by Gasteiger charge is -2.04. The monoisotopic (exact) mass is 334 g/mol. The van der Waals surface area contributed by atoms with E-state index in [0.717, 1.165) is 5.56 Å². The summed E-state index contributed by atoms with van der Waals surface area (Å²) in [5.74, 6) is 0.415. The van der Waals surface area contributed by atoms with Gasteiger partial charge in [-0.1, -0.05) is 18.2 Å². The Balaban J connectivity index is 1.89. The minimum absolute atomic E-state index is 0.157. The number of benzene rings is 1. The van der Waals surface area contributed by atoms with Crippen LogP contribution in [-0.4, -0.2) is 12.1 Å². The van der Waals surface area contributed by atoms with E-state index in [-0.39, 0.29) is 5.91 Å². The summed E-state index contributed by atoms with van der Waals surface area (Å²) >= 11 is 3.19. The molecule has 2 aromatic rings. The number of carbonyl (C=O) groups excluding carboxylic acids is 1. The Morgan fingerprint density at radius 3 is 2.75 bits per heavy atom. The van der Waals surface area contributed by atoms with Crippen LogP contribution in [0.25, 0.3) is 0 Å². The Morgan fingerprint density at radius 2 is 2.10 bits per heavy atom. The SMILES string of the molecule is Cc1ccc(CC(=O)N/N=C\c2ccc(Br)o2)cc1C. The molecule has 0 aliphatic rings. The number of hydrazone groups is 1. The Labute approximate surface area is 126 Å². The molecule has 1 aromatic carbocycles. The van der Waals surface area contributed by atoms with Gasteiger partial charge in [0.2, 0.25) is 5.91 Å². The van der Waals surface area contributed by atoms with Crippen molar-refractivity contribution in [2.24, 2.45) is 5.10 Å². The summed E-state index contributed by atoms with van der Waals surface area (Å²) in [6.45, 7) is 4.08. The highest BCUT2D eigenvalue weighted by Gasteiger charge is 2.03. The third kappa shape index (κ3) is 4.06. The molecule has 0 atom stereocenters. The predicted molar refractivity (Wildman–Crippen MR) is 81.8 cm³/mol. The number of halogens is 1. The lowest BCUT2D eigenvalue weighted by atomic mass is 10.0. The molecule has 0 fully saturated rings. The highest BCUT2D eigenvalue weighted by molar-refractivity contribution is 9.10. The maximum Gasteiger partial charge on any atom is 0.244 e. The first-order chi connectivity index (χ1) is 9.54. The maximum atomic E-state index is 11.7. The molecular weight excluding hydrogens is 320 g/mol. The summed E-state index contributed by atoms with van der Waals surface area (Å²) < 4.78 is 5.85. The molecule has 20 heavy (non-hydrogen) atoms. The van der Waals surface area contributed by atoms with Crippen molar-refractivity contribution >= 4 is 28.1 Å². The van der Waals surface area contributed by atoms with E-state index in [9.17, 15) is 4.79 Å². The molecule has 0 spiro atoms. The third-order valence-electron chi connectivity index (χ3n) is 2.91. The number of furan rings is 1. The van der Waals surface area contributed by atoms with Crippen molar-refractivity contribution in [1.82, 2.24) is 5.43 Å². The second kappa shape index (κ2) is 6.52. The van der Waals surface area contributed by atoms with Gasteiger partial charge >= 0.3 is 0 Å². The van der Waals surface area contributed by atoms with E-state index in [4.69, 9.17) is 4.42 Å². The van der Waals surface area contributed by atoms with Gasteiger partial charge in [-0.05, 0) is 58.6 Å². The summed E-state index contributed by atoms with van der Waals surface area (Å²) in [5.41, 5.74) is 5.85.